The second kappa shape index (κ2) is 10.3. The summed E-state index contributed by atoms with van der Waals surface area (Å²) in [6.45, 7) is 2.67. The molecule has 0 saturated carbocycles. The molecule has 2 N–H and O–H groups in total. The highest BCUT2D eigenvalue weighted by Gasteiger charge is 2.34. The monoisotopic (exact) mass is 495 g/mol. The maximum atomic E-state index is 13.0. The van der Waals surface area contributed by atoms with Gasteiger partial charge < -0.3 is 10.2 Å². The zero-order valence-electron chi connectivity index (χ0n) is 19.2. The molecule has 3 aromatic rings. The minimum atomic E-state index is -3.77. The van der Waals surface area contributed by atoms with Gasteiger partial charge in [-0.1, -0.05) is 29.8 Å². The molecule has 1 saturated heterocycles. The number of rotatable bonds is 8. The molecule has 7 nitrogen and oxygen atoms in total. The zero-order valence-corrected chi connectivity index (χ0v) is 20.0. The molecule has 0 aliphatic carbocycles. The molecule has 2 amide bonds. The van der Waals surface area contributed by atoms with Crippen molar-refractivity contribution in [2.45, 2.75) is 24.7 Å². The summed E-state index contributed by atoms with van der Waals surface area (Å²) in [6, 6.07) is 19.0. The predicted molar refractivity (Wildman–Crippen MR) is 132 cm³/mol. The second-order valence-corrected chi connectivity index (χ2v) is 10.3. The lowest BCUT2D eigenvalue weighted by Gasteiger charge is -2.16. The Morgan fingerprint density at radius 3 is 2.26 bits per heavy atom. The standard InChI is InChI=1S/C26H26FN3O4S/c1-18-2-8-23(9-3-18)29-35(33,34)24-12-10-22(11-13-24)28-26(32)20-16-25(31)30(17-20)15-14-19-4-6-21(27)7-5-19/h2-13,20,29H,14-17H2,1H3,(H,28,32). The molecule has 0 spiro atoms. The lowest BCUT2D eigenvalue weighted by atomic mass is 10.1. The van der Waals surface area contributed by atoms with E-state index in [0.29, 0.717) is 30.9 Å². The summed E-state index contributed by atoms with van der Waals surface area (Å²) in [5, 5.41) is 2.76. The van der Waals surface area contributed by atoms with Crippen LogP contribution in [0.5, 0.6) is 0 Å². The van der Waals surface area contributed by atoms with Gasteiger partial charge in [0.25, 0.3) is 10.0 Å². The van der Waals surface area contributed by atoms with Crippen LogP contribution in [0.1, 0.15) is 17.5 Å². The first-order chi connectivity index (χ1) is 16.7. The van der Waals surface area contributed by atoms with Crippen LogP contribution in [0.2, 0.25) is 0 Å². The van der Waals surface area contributed by atoms with Gasteiger partial charge in [0.2, 0.25) is 11.8 Å². The molecule has 1 heterocycles. The fourth-order valence-electron chi connectivity index (χ4n) is 3.88. The van der Waals surface area contributed by atoms with Crippen LogP contribution in [0, 0.1) is 18.7 Å². The Morgan fingerprint density at radius 2 is 1.60 bits per heavy atom. The SMILES string of the molecule is Cc1ccc(NS(=O)(=O)c2ccc(NC(=O)C3CC(=O)N(CCc4ccc(F)cc4)C3)cc2)cc1. The van der Waals surface area contributed by atoms with Gasteiger partial charge >= 0.3 is 0 Å². The van der Waals surface area contributed by atoms with Crippen molar-refractivity contribution < 1.29 is 22.4 Å². The molecule has 1 aliphatic heterocycles. The van der Waals surface area contributed by atoms with Crippen LogP contribution in [0.25, 0.3) is 0 Å². The summed E-state index contributed by atoms with van der Waals surface area (Å²) < 4.78 is 40.8. The van der Waals surface area contributed by atoms with Crippen molar-refractivity contribution in [2.24, 2.45) is 5.92 Å². The topological polar surface area (TPSA) is 95.6 Å². The molecule has 1 fully saturated rings. The second-order valence-electron chi connectivity index (χ2n) is 8.60. The van der Waals surface area contributed by atoms with Crippen molar-refractivity contribution in [3.05, 3.63) is 89.7 Å². The van der Waals surface area contributed by atoms with E-state index in [0.717, 1.165) is 11.1 Å². The Balaban J connectivity index is 1.32. The van der Waals surface area contributed by atoms with E-state index < -0.39 is 15.9 Å². The Kier molecular flexibility index (Phi) is 7.16. The highest BCUT2D eigenvalue weighted by atomic mass is 32.2. The molecule has 0 bridgehead atoms. The summed E-state index contributed by atoms with van der Waals surface area (Å²) in [4.78, 5) is 26.8. The van der Waals surface area contributed by atoms with Crippen LogP contribution >= 0.6 is 0 Å². The van der Waals surface area contributed by atoms with Crippen LogP contribution in [0.3, 0.4) is 0 Å². The van der Waals surface area contributed by atoms with Gasteiger partial charge in [-0.3, -0.25) is 14.3 Å². The smallest absolute Gasteiger partial charge is 0.261 e. The normalized spacial score (nSPS) is 15.8. The first-order valence-electron chi connectivity index (χ1n) is 11.2. The number of hydrogen-bond donors (Lipinski definition) is 2. The lowest BCUT2D eigenvalue weighted by molar-refractivity contribution is -0.128. The number of carbonyl (C=O) groups is 2. The highest BCUT2D eigenvalue weighted by molar-refractivity contribution is 7.92. The Morgan fingerprint density at radius 1 is 0.971 bits per heavy atom. The molecule has 1 unspecified atom stereocenters. The van der Waals surface area contributed by atoms with E-state index >= 15 is 0 Å². The van der Waals surface area contributed by atoms with Crippen molar-refractivity contribution in [3.63, 3.8) is 0 Å². The number of hydrogen-bond acceptors (Lipinski definition) is 4. The zero-order chi connectivity index (χ0) is 25.0. The number of halogens is 1. The van der Waals surface area contributed by atoms with Gasteiger partial charge in [-0.2, -0.15) is 0 Å². The fourth-order valence-corrected chi connectivity index (χ4v) is 4.94. The number of nitrogens with one attached hydrogen (secondary N) is 2. The molecular weight excluding hydrogens is 469 g/mol. The van der Waals surface area contributed by atoms with Crippen LogP contribution in [-0.2, 0) is 26.0 Å². The van der Waals surface area contributed by atoms with Crippen molar-refractivity contribution in [1.29, 1.82) is 0 Å². The molecule has 9 heteroatoms. The van der Waals surface area contributed by atoms with Gasteiger partial charge in [-0.15, -0.1) is 0 Å². The lowest BCUT2D eigenvalue weighted by Crippen LogP contribution is -2.30. The molecule has 4 rings (SSSR count). The number of amides is 2. The Bertz CT molecular complexity index is 1310. The van der Waals surface area contributed by atoms with E-state index in [2.05, 4.69) is 10.0 Å². The van der Waals surface area contributed by atoms with Crippen molar-refractivity contribution >= 4 is 33.2 Å². The largest absolute Gasteiger partial charge is 0.342 e. The minimum Gasteiger partial charge on any atom is -0.342 e. The fraction of sp³-hybridized carbons (Fsp3) is 0.231. The van der Waals surface area contributed by atoms with Crippen molar-refractivity contribution in [1.82, 2.24) is 4.90 Å². The van der Waals surface area contributed by atoms with Gasteiger partial charge in [0.1, 0.15) is 5.82 Å². The average molecular weight is 496 g/mol. The average Bonchev–Trinajstić information content (AvgIpc) is 3.21. The number of anilines is 2. The van der Waals surface area contributed by atoms with Crippen molar-refractivity contribution in [3.8, 4) is 0 Å². The third-order valence-electron chi connectivity index (χ3n) is 5.90. The van der Waals surface area contributed by atoms with Gasteiger partial charge in [-0.25, -0.2) is 12.8 Å². The molecule has 1 atom stereocenters. The minimum absolute atomic E-state index is 0.0686. The summed E-state index contributed by atoms with van der Waals surface area (Å²) in [5.41, 5.74) is 2.84. The quantitative estimate of drug-likeness (QED) is 0.494. The summed E-state index contributed by atoms with van der Waals surface area (Å²) in [6.07, 6.45) is 0.690. The third-order valence-corrected chi connectivity index (χ3v) is 7.30. The van der Waals surface area contributed by atoms with E-state index in [4.69, 9.17) is 0 Å². The molecular formula is C26H26FN3O4S. The Hall–Kier alpha value is -3.72. The van der Waals surface area contributed by atoms with Crippen LogP contribution in [0.4, 0.5) is 15.8 Å². The molecule has 0 radical (unpaired) electrons. The van der Waals surface area contributed by atoms with E-state index in [-0.39, 0.29) is 28.9 Å². The first-order valence-corrected chi connectivity index (χ1v) is 12.7. The number of carbonyl (C=O) groups excluding carboxylic acids is 2. The van der Waals surface area contributed by atoms with Gasteiger partial charge in [0, 0.05) is 30.9 Å². The van der Waals surface area contributed by atoms with Gasteiger partial charge in [0.05, 0.1) is 10.8 Å². The summed E-state index contributed by atoms with van der Waals surface area (Å²) >= 11 is 0. The predicted octanol–water partition coefficient (Wildman–Crippen LogP) is 3.96. The number of sulfonamides is 1. The number of benzene rings is 3. The molecule has 35 heavy (non-hydrogen) atoms. The molecule has 182 valence electrons. The summed E-state index contributed by atoms with van der Waals surface area (Å²) in [5.74, 6) is -1.20. The van der Waals surface area contributed by atoms with E-state index in [1.54, 1.807) is 29.2 Å². The third kappa shape index (κ3) is 6.24. The van der Waals surface area contributed by atoms with Gasteiger partial charge in [0.15, 0.2) is 0 Å². The number of likely N-dealkylation sites (tertiary alicyclic amines) is 1. The highest BCUT2D eigenvalue weighted by Crippen LogP contribution is 2.22. The van der Waals surface area contributed by atoms with Crippen molar-refractivity contribution in [2.75, 3.05) is 23.1 Å². The van der Waals surface area contributed by atoms with E-state index in [1.807, 2.05) is 19.1 Å². The number of nitrogens with zero attached hydrogens (tertiary/aromatic N) is 1. The molecule has 0 aromatic heterocycles. The maximum absolute atomic E-state index is 13.0. The molecule has 3 aromatic carbocycles. The van der Waals surface area contributed by atoms with Crippen LogP contribution in [0.15, 0.2) is 77.7 Å². The summed E-state index contributed by atoms with van der Waals surface area (Å²) in [7, 11) is -3.77. The van der Waals surface area contributed by atoms with E-state index in [1.165, 1.54) is 36.4 Å². The van der Waals surface area contributed by atoms with Crippen LogP contribution in [-0.4, -0.2) is 38.2 Å². The number of aryl methyl sites for hydroxylation is 1. The van der Waals surface area contributed by atoms with E-state index in [9.17, 15) is 22.4 Å². The first kappa shape index (κ1) is 24.4. The Labute approximate surface area is 204 Å². The van der Waals surface area contributed by atoms with Gasteiger partial charge in [-0.05, 0) is 67.4 Å². The maximum Gasteiger partial charge on any atom is 0.261 e. The molecule has 1 aliphatic rings. The van der Waals surface area contributed by atoms with Crippen LogP contribution < -0.4 is 10.0 Å².